The molecule has 19 heavy (non-hydrogen) atoms. The molecule has 0 amide bonds. The summed E-state index contributed by atoms with van der Waals surface area (Å²) in [6.45, 7) is 2.11. The topological polar surface area (TPSA) is 50.3 Å². The number of pyridine rings is 1. The van der Waals surface area contributed by atoms with Gasteiger partial charge in [0, 0.05) is 26.0 Å². The van der Waals surface area contributed by atoms with Crippen molar-refractivity contribution in [1.82, 2.24) is 9.29 Å². The molecule has 0 aliphatic rings. The molecule has 0 N–H and O–H groups in total. The lowest BCUT2D eigenvalue weighted by Gasteiger charge is -2.18. The molecule has 0 fully saturated rings. The fraction of sp³-hybridized carbons (Fsp3) is 0.214. The first-order chi connectivity index (χ1) is 9.01. The Morgan fingerprint density at radius 2 is 1.89 bits per heavy atom. The summed E-state index contributed by atoms with van der Waals surface area (Å²) in [6.07, 6.45) is 3.34. The van der Waals surface area contributed by atoms with Crippen molar-refractivity contribution in [3.63, 3.8) is 0 Å². The highest BCUT2D eigenvalue weighted by Gasteiger charge is 2.22. The number of benzene rings is 1. The predicted octanol–water partition coefficient (Wildman–Crippen LogP) is 2.21. The van der Waals surface area contributed by atoms with Gasteiger partial charge in [0.15, 0.2) is 0 Å². The van der Waals surface area contributed by atoms with Crippen LogP contribution in [0.1, 0.15) is 11.1 Å². The highest BCUT2D eigenvalue weighted by atomic mass is 32.2. The molecule has 100 valence electrons. The first-order valence-corrected chi connectivity index (χ1v) is 7.36. The van der Waals surface area contributed by atoms with Crippen LogP contribution < -0.4 is 0 Å². The number of aromatic nitrogens is 1. The molecule has 1 aromatic carbocycles. The Hall–Kier alpha value is -1.72. The van der Waals surface area contributed by atoms with E-state index in [1.54, 1.807) is 50.6 Å². The Morgan fingerprint density at radius 3 is 2.53 bits per heavy atom. The van der Waals surface area contributed by atoms with Crippen LogP contribution in [0.25, 0.3) is 0 Å². The Morgan fingerprint density at radius 1 is 1.16 bits per heavy atom. The zero-order chi connectivity index (χ0) is 13.9. The maximum Gasteiger partial charge on any atom is 0.243 e. The Balaban J connectivity index is 2.28. The van der Waals surface area contributed by atoms with Gasteiger partial charge in [-0.15, -0.1) is 0 Å². The van der Waals surface area contributed by atoms with Crippen molar-refractivity contribution in [1.29, 1.82) is 0 Å². The first-order valence-electron chi connectivity index (χ1n) is 5.92. The number of aryl methyl sites for hydroxylation is 1. The molecule has 0 spiro atoms. The van der Waals surface area contributed by atoms with E-state index in [2.05, 4.69) is 4.98 Å². The van der Waals surface area contributed by atoms with Crippen molar-refractivity contribution in [3.8, 4) is 0 Å². The summed E-state index contributed by atoms with van der Waals surface area (Å²) in [5.41, 5.74) is 1.61. The second-order valence-electron chi connectivity index (χ2n) is 4.39. The second kappa shape index (κ2) is 5.50. The molecule has 0 saturated heterocycles. The number of nitrogens with zero attached hydrogens (tertiary/aromatic N) is 2. The highest BCUT2D eigenvalue weighted by molar-refractivity contribution is 7.89. The van der Waals surface area contributed by atoms with Crippen molar-refractivity contribution in [2.24, 2.45) is 0 Å². The predicted molar refractivity (Wildman–Crippen MR) is 74.1 cm³/mol. The van der Waals surface area contributed by atoms with Gasteiger partial charge in [0.05, 0.1) is 4.90 Å². The lowest BCUT2D eigenvalue weighted by atomic mass is 10.2. The largest absolute Gasteiger partial charge is 0.264 e. The zero-order valence-electron chi connectivity index (χ0n) is 10.9. The van der Waals surface area contributed by atoms with E-state index in [0.717, 1.165) is 11.1 Å². The van der Waals surface area contributed by atoms with Gasteiger partial charge in [-0.05, 0) is 30.2 Å². The number of rotatable bonds is 4. The number of sulfonamides is 1. The molecular weight excluding hydrogens is 260 g/mol. The summed E-state index contributed by atoms with van der Waals surface area (Å²) in [5.74, 6) is 0. The third-order valence-electron chi connectivity index (χ3n) is 2.91. The smallest absolute Gasteiger partial charge is 0.243 e. The molecule has 5 heteroatoms. The third kappa shape index (κ3) is 3.00. The van der Waals surface area contributed by atoms with Crippen molar-refractivity contribution >= 4 is 10.0 Å². The van der Waals surface area contributed by atoms with Crippen LogP contribution >= 0.6 is 0 Å². The van der Waals surface area contributed by atoms with Gasteiger partial charge in [0.1, 0.15) is 0 Å². The molecule has 0 atom stereocenters. The Bertz CT molecular complexity index is 654. The van der Waals surface area contributed by atoms with E-state index in [-0.39, 0.29) is 0 Å². The molecule has 2 rings (SSSR count). The quantitative estimate of drug-likeness (QED) is 0.860. The standard InChI is InChI=1S/C14H16N2O2S/c1-12-6-3-4-8-14(12)19(17,18)16(2)11-13-7-5-9-15-10-13/h3-10H,11H2,1-2H3. The molecule has 0 aliphatic carbocycles. The third-order valence-corrected chi connectivity index (χ3v) is 4.87. The van der Waals surface area contributed by atoms with Crippen LogP contribution in [0.15, 0.2) is 53.7 Å². The summed E-state index contributed by atoms with van der Waals surface area (Å²) >= 11 is 0. The summed E-state index contributed by atoms with van der Waals surface area (Å²) in [4.78, 5) is 4.34. The monoisotopic (exact) mass is 276 g/mol. The van der Waals surface area contributed by atoms with Crippen LogP contribution in [-0.2, 0) is 16.6 Å². The van der Waals surface area contributed by atoms with E-state index in [1.807, 2.05) is 12.1 Å². The van der Waals surface area contributed by atoms with Gasteiger partial charge in [0.25, 0.3) is 0 Å². The minimum Gasteiger partial charge on any atom is -0.264 e. The summed E-state index contributed by atoms with van der Waals surface area (Å²) in [5, 5.41) is 0. The van der Waals surface area contributed by atoms with E-state index in [9.17, 15) is 8.42 Å². The SMILES string of the molecule is Cc1ccccc1S(=O)(=O)N(C)Cc1cccnc1. The van der Waals surface area contributed by atoms with Gasteiger partial charge in [-0.2, -0.15) is 4.31 Å². The van der Waals surface area contributed by atoms with Crippen molar-refractivity contribution in [3.05, 3.63) is 59.9 Å². The van der Waals surface area contributed by atoms with E-state index in [0.29, 0.717) is 11.4 Å². The van der Waals surface area contributed by atoms with Crippen LogP contribution in [-0.4, -0.2) is 24.8 Å². The van der Waals surface area contributed by atoms with Crippen LogP contribution in [0.5, 0.6) is 0 Å². The molecule has 1 aromatic heterocycles. The molecule has 1 heterocycles. The molecule has 0 bridgehead atoms. The zero-order valence-corrected chi connectivity index (χ0v) is 11.8. The lowest BCUT2D eigenvalue weighted by molar-refractivity contribution is 0.466. The normalized spacial score (nSPS) is 11.7. The molecule has 0 unspecified atom stereocenters. The second-order valence-corrected chi connectivity index (χ2v) is 6.40. The van der Waals surface area contributed by atoms with Crippen molar-refractivity contribution in [2.45, 2.75) is 18.4 Å². The average molecular weight is 276 g/mol. The van der Waals surface area contributed by atoms with Crippen molar-refractivity contribution < 1.29 is 8.42 Å². The van der Waals surface area contributed by atoms with Crippen molar-refractivity contribution in [2.75, 3.05) is 7.05 Å². The van der Waals surface area contributed by atoms with Gasteiger partial charge >= 0.3 is 0 Å². The minimum atomic E-state index is -3.46. The summed E-state index contributed by atoms with van der Waals surface area (Å²) < 4.78 is 26.3. The van der Waals surface area contributed by atoms with Gasteiger partial charge in [-0.1, -0.05) is 24.3 Å². The van der Waals surface area contributed by atoms with Crippen LogP contribution in [0.2, 0.25) is 0 Å². The molecule has 0 radical (unpaired) electrons. The first kappa shape index (κ1) is 13.7. The average Bonchev–Trinajstić information content (AvgIpc) is 2.40. The van der Waals surface area contributed by atoms with Gasteiger partial charge < -0.3 is 0 Å². The lowest BCUT2D eigenvalue weighted by Crippen LogP contribution is -2.27. The van der Waals surface area contributed by atoms with Gasteiger partial charge in [-0.3, -0.25) is 4.98 Å². The van der Waals surface area contributed by atoms with Crippen LogP contribution in [0, 0.1) is 6.92 Å². The van der Waals surface area contributed by atoms with Crippen LogP contribution in [0.3, 0.4) is 0 Å². The number of hydrogen-bond donors (Lipinski definition) is 0. The summed E-state index contributed by atoms with van der Waals surface area (Å²) in [7, 11) is -1.88. The fourth-order valence-electron chi connectivity index (χ4n) is 1.85. The molecular formula is C14H16N2O2S. The fourth-order valence-corrected chi connectivity index (χ4v) is 3.23. The number of hydrogen-bond acceptors (Lipinski definition) is 3. The van der Waals surface area contributed by atoms with E-state index < -0.39 is 10.0 Å². The molecule has 0 saturated carbocycles. The van der Waals surface area contributed by atoms with E-state index in [1.165, 1.54) is 4.31 Å². The Labute approximate surface area is 113 Å². The molecule has 2 aromatic rings. The van der Waals surface area contributed by atoms with Gasteiger partial charge in [-0.25, -0.2) is 8.42 Å². The maximum atomic E-state index is 12.5. The highest BCUT2D eigenvalue weighted by Crippen LogP contribution is 2.19. The van der Waals surface area contributed by atoms with E-state index >= 15 is 0 Å². The summed E-state index contributed by atoms with van der Waals surface area (Å²) in [6, 6.07) is 10.6. The van der Waals surface area contributed by atoms with Crippen LogP contribution in [0.4, 0.5) is 0 Å². The Kier molecular flexibility index (Phi) is 3.97. The molecule has 0 aliphatic heterocycles. The minimum absolute atomic E-state index is 0.310. The molecule has 4 nitrogen and oxygen atoms in total. The van der Waals surface area contributed by atoms with E-state index in [4.69, 9.17) is 0 Å². The maximum absolute atomic E-state index is 12.5. The van der Waals surface area contributed by atoms with Gasteiger partial charge in [0.2, 0.25) is 10.0 Å².